The van der Waals surface area contributed by atoms with Crippen LogP contribution >= 0.6 is 0 Å². The van der Waals surface area contributed by atoms with Crippen LogP contribution in [-0.4, -0.2) is 41.1 Å². The molecule has 4 heteroatoms. The average molecular weight is 246 g/mol. The summed E-state index contributed by atoms with van der Waals surface area (Å²) in [5.74, 6) is -0.742. The molecule has 0 radical (unpaired) electrons. The van der Waals surface area contributed by atoms with E-state index in [4.69, 9.17) is 5.11 Å². The van der Waals surface area contributed by atoms with E-state index in [1.807, 2.05) is 25.4 Å². The molecular formula is C14H18N2O2. The summed E-state index contributed by atoms with van der Waals surface area (Å²) in [5, 5.41) is 9.88. The van der Waals surface area contributed by atoms with Gasteiger partial charge in [-0.15, -0.1) is 0 Å². The predicted molar refractivity (Wildman–Crippen MR) is 71.8 cm³/mol. The van der Waals surface area contributed by atoms with Gasteiger partial charge in [0.05, 0.1) is 6.42 Å². The number of aliphatic carboxylic acids is 1. The highest BCUT2D eigenvalue weighted by Crippen LogP contribution is 2.18. The molecule has 1 aromatic carbocycles. The van der Waals surface area contributed by atoms with Crippen LogP contribution in [0, 0.1) is 0 Å². The predicted octanol–water partition coefficient (Wildman–Crippen LogP) is 2.12. The molecule has 18 heavy (non-hydrogen) atoms. The van der Waals surface area contributed by atoms with Crippen LogP contribution in [0.1, 0.15) is 12.0 Å². The molecule has 1 aromatic heterocycles. The summed E-state index contributed by atoms with van der Waals surface area (Å²) in [7, 11) is 1.96. The monoisotopic (exact) mass is 246 g/mol. The number of likely N-dealkylation sites (N-methyl/N-ethyl adjacent to an activating group) is 1. The third kappa shape index (κ3) is 3.11. The standard InChI is InChI=1S/C14H18N2O2/c1-16(9-7-14(17)18)8-6-11-10-15-13-5-3-2-4-12(11)13/h2-5,10,15H,6-9H2,1H3,(H,17,18). The third-order valence-corrected chi connectivity index (χ3v) is 3.15. The number of carboxylic acids is 1. The van der Waals surface area contributed by atoms with Gasteiger partial charge in [0, 0.05) is 30.2 Å². The van der Waals surface area contributed by atoms with Crippen LogP contribution in [-0.2, 0) is 11.2 Å². The number of hydrogen-bond acceptors (Lipinski definition) is 2. The third-order valence-electron chi connectivity index (χ3n) is 3.15. The Morgan fingerprint density at radius 2 is 2.11 bits per heavy atom. The first-order valence-corrected chi connectivity index (χ1v) is 6.12. The zero-order chi connectivity index (χ0) is 13.0. The smallest absolute Gasteiger partial charge is 0.304 e. The summed E-state index contributed by atoms with van der Waals surface area (Å²) in [5.41, 5.74) is 2.44. The first-order chi connectivity index (χ1) is 8.66. The fraction of sp³-hybridized carbons (Fsp3) is 0.357. The maximum atomic E-state index is 10.5. The molecule has 0 atom stereocenters. The maximum Gasteiger partial charge on any atom is 0.304 e. The second-order valence-electron chi connectivity index (χ2n) is 4.56. The summed E-state index contributed by atoms with van der Waals surface area (Å²) in [6, 6.07) is 8.22. The van der Waals surface area contributed by atoms with Crippen LogP contribution in [0.25, 0.3) is 10.9 Å². The van der Waals surface area contributed by atoms with E-state index in [-0.39, 0.29) is 6.42 Å². The van der Waals surface area contributed by atoms with Crippen LogP contribution in [0.5, 0.6) is 0 Å². The fourth-order valence-electron chi connectivity index (χ4n) is 2.05. The van der Waals surface area contributed by atoms with Crippen LogP contribution in [0.4, 0.5) is 0 Å². The number of aromatic nitrogens is 1. The minimum Gasteiger partial charge on any atom is -0.481 e. The molecule has 0 aliphatic carbocycles. The molecule has 0 bridgehead atoms. The second kappa shape index (κ2) is 5.69. The Bertz CT molecular complexity index is 533. The molecular weight excluding hydrogens is 228 g/mol. The molecule has 4 nitrogen and oxygen atoms in total. The lowest BCUT2D eigenvalue weighted by Gasteiger charge is -2.14. The molecule has 2 aromatic rings. The van der Waals surface area contributed by atoms with Gasteiger partial charge < -0.3 is 15.0 Å². The zero-order valence-corrected chi connectivity index (χ0v) is 10.5. The van der Waals surface area contributed by atoms with Gasteiger partial charge in [0.25, 0.3) is 0 Å². The zero-order valence-electron chi connectivity index (χ0n) is 10.5. The van der Waals surface area contributed by atoms with Crippen LogP contribution in [0.15, 0.2) is 30.5 Å². The van der Waals surface area contributed by atoms with Crippen molar-refractivity contribution in [3.63, 3.8) is 0 Å². The Hall–Kier alpha value is -1.81. The van der Waals surface area contributed by atoms with Crippen molar-refractivity contribution in [3.8, 4) is 0 Å². The summed E-state index contributed by atoms with van der Waals surface area (Å²) < 4.78 is 0. The molecule has 0 fully saturated rings. The lowest BCUT2D eigenvalue weighted by Crippen LogP contribution is -2.24. The van der Waals surface area contributed by atoms with Gasteiger partial charge in [-0.05, 0) is 25.1 Å². The number of para-hydroxylation sites is 1. The normalized spacial score (nSPS) is 11.2. The van der Waals surface area contributed by atoms with Crippen molar-refractivity contribution < 1.29 is 9.90 Å². The number of fused-ring (bicyclic) bond motifs is 1. The van der Waals surface area contributed by atoms with E-state index in [9.17, 15) is 4.79 Å². The van der Waals surface area contributed by atoms with Gasteiger partial charge >= 0.3 is 5.97 Å². The topological polar surface area (TPSA) is 56.3 Å². The van der Waals surface area contributed by atoms with Gasteiger partial charge in [-0.25, -0.2) is 0 Å². The van der Waals surface area contributed by atoms with Gasteiger partial charge in [0.1, 0.15) is 0 Å². The van der Waals surface area contributed by atoms with Crippen LogP contribution in [0.3, 0.4) is 0 Å². The molecule has 0 aliphatic rings. The number of benzene rings is 1. The Morgan fingerprint density at radius 3 is 2.89 bits per heavy atom. The molecule has 0 amide bonds. The molecule has 1 heterocycles. The number of rotatable bonds is 6. The van der Waals surface area contributed by atoms with Crippen molar-refractivity contribution in [1.29, 1.82) is 0 Å². The average Bonchev–Trinajstić information content (AvgIpc) is 2.77. The molecule has 2 N–H and O–H groups in total. The van der Waals surface area contributed by atoms with Crippen LogP contribution in [0.2, 0.25) is 0 Å². The number of aromatic amines is 1. The molecule has 0 aliphatic heterocycles. The number of hydrogen-bond donors (Lipinski definition) is 2. The Balaban J connectivity index is 1.92. The SMILES string of the molecule is CN(CCC(=O)O)CCc1c[nH]c2ccccc12. The number of H-pyrrole nitrogens is 1. The molecule has 0 saturated heterocycles. The van der Waals surface area contributed by atoms with Gasteiger partial charge in [0.2, 0.25) is 0 Å². The fourth-order valence-corrected chi connectivity index (χ4v) is 2.05. The van der Waals surface area contributed by atoms with E-state index in [2.05, 4.69) is 22.0 Å². The maximum absolute atomic E-state index is 10.5. The van der Waals surface area contributed by atoms with Crippen molar-refractivity contribution >= 4 is 16.9 Å². The van der Waals surface area contributed by atoms with Crippen LogP contribution < -0.4 is 0 Å². The largest absolute Gasteiger partial charge is 0.481 e. The summed E-state index contributed by atoms with van der Waals surface area (Å²) >= 11 is 0. The van der Waals surface area contributed by atoms with Crippen molar-refractivity contribution in [2.24, 2.45) is 0 Å². The molecule has 0 saturated carbocycles. The van der Waals surface area contributed by atoms with E-state index in [0.29, 0.717) is 6.54 Å². The molecule has 0 spiro atoms. The Labute approximate surface area is 106 Å². The number of carboxylic acid groups (broad SMARTS) is 1. The lowest BCUT2D eigenvalue weighted by molar-refractivity contribution is -0.137. The van der Waals surface area contributed by atoms with Gasteiger partial charge in [0.15, 0.2) is 0 Å². The highest BCUT2D eigenvalue weighted by Gasteiger charge is 2.06. The van der Waals surface area contributed by atoms with E-state index < -0.39 is 5.97 Å². The van der Waals surface area contributed by atoms with Crippen molar-refractivity contribution in [1.82, 2.24) is 9.88 Å². The first kappa shape index (κ1) is 12.6. The highest BCUT2D eigenvalue weighted by atomic mass is 16.4. The number of nitrogens with one attached hydrogen (secondary N) is 1. The quantitative estimate of drug-likeness (QED) is 0.820. The van der Waals surface area contributed by atoms with Crippen molar-refractivity contribution in [2.75, 3.05) is 20.1 Å². The van der Waals surface area contributed by atoms with E-state index in [0.717, 1.165) is 18.5 Å². The molecule has 96 valence electrons. The van der Waals surface area contributed by atoms with Gasteiger partial charge in [-0.3, -0.25) is 4.79 Å². The highest BCUT2D eigenvalue weighted by molar-refractivity contribution is 5.83. The number of nitrogens with zero attached hydrogens (tertiary/aromatic N) is 1. The molecule has 2 rings (SSSR count). The summed E-state index contributed by atoms with van der Waals surface area (Å²) in [6.45, 7) is 1.47. The van der Waals surface area contributed by atoms with Gasteiger partial charge in [-0.1, -0.05) is 18.2 Å². The van der Waals surface area contributed by atoms with Crippen molar-refractivity contribution in [2.45, 2.75) is 12.8 Å². The Kier molecular flexibility index (Phi) is 3.99. The molecule has 0 unspecified atom stereocenters. The van der Waals surface area contributed by atoms with E-state index in [1.54, 1.807) is 0 Å². The Morgan fingerprint density at radius 1 is 1.33 bits per heavy atom. The summed E-state index contributed by atoms with van der Waals surface area (Å²) in [4.78, 5) is 15.8. The first-order valence-electron chi connectivity index (χ1n) is 6.12. The van der Waals surface area contributed by atoms with Crippen molar-refractivity contribution in [3.05, 3.63) is 36.0 Å². The number of carbonyl (C=O) groups is 1. The summed E-state index contributed by atoms with van der Waals surface area (Å²) in [6.07, 6.45) is 3.17. The second-order valence-corrected chi connectivity index (χ2v) is 4.56. The minimum absolute atomic E-state index is 0.199. The van der Waals surface area contributed by atoms with E-state index in [1.165, 1.54) is 10.9 Å². The minimum atomic E-state index is -0.742. The van der Waals surface area contributed by atoms with E-state index >= 15 is 0 Å². The van der Waals surface area contributed by atoms with Gasteiger partial charge in [-0.2, -0.15) is 0 Å². The lowest BCUT2D eigenvalue weighted by atomic mass is 10.1.